The molecule has 1 rings (SSSR count). The van der Waals surface area contributed by atoms with Crippen molar-refractivity contribution >= 4 is 5.91 Å². The maximum absolute atomic E-state index is 11.4. The lowest BCUT2D eigenvalue weighted by molar-refractivity contribution is -0.130. The molecule has 0 aromatic rings. The van der Waals surface area contributed by atoms with Crippen LogP contribution in [-0.2, 0) is 4.79 Å². The second-order valence-electron chi connectivity index (χ2n) is 3.82. The Kier molecular flexibility index (Phi) is 2.21. The maximum Gasteiger partial charge on any atom is 0.223 e. The van der Waals surface area contributed by atoms with Crippen molar-refractivity contribution < 1.29 is 4.79 Å². The van der Waals surface area contributed by atoms with E-state index in [-0.39, 0.29) is 0 Å². The Morgan fingerprint density at radius 2 is 2.00 bits per heavy atom. The van der Waals surface area contributed by atoms with E-state index in [1.54, 1.807) is 0 Å². The highest BCUT2D eigenvalue weighted by molar-refractivity contribution is 5.79. The van der Waals surface area contributed by atoms with Crippen LogP contribution in [0.4, 0.5) is 0 Å². The minimum Gasteiger partial charge on any atom is -0.337 e. The van der Waals surface area contributed by atoms with Crippen LogP contribution in [0.2, 0.25) is 0 Å². The highest BCUT2D eigenvalue weighted by Gasteiger charge is 2.34. The number of hydrogen-bond donors (Lipinski definition) is 0. The molecular weight excluding hydrogens is 138 g/mol. The Balaban J connectivity index is 2.71. The van der Waals surface area contributed by atoms with Crippen molar-refractivity contribution in [3.8, 4) is 0 Å². The molecule has 64 valence electrons. The summed E-state index contributed by atoms with van der Waals surface area (Å²) in [5, 5.41) is 0. The summed E-state index contributed by atoms with van der Waals surface area (Å²) in [4.78, 5) is 13.4. The lowest BCUT2D eigenvalue weighted by Crippen LogP contribution is -2.38. The van der Waals surface area contributed by atoms with Gasteiger partial charge >= 0.3 is 0 Å². The summed E-state index contributed by atoms with van der Waals surface area (Å²) in [7, 11) is 0. The van der Waals surface area contributed by atoms with Gasteiger partial charge in [0.1, 0.15) is 0 Å². The van der Waals surface area contributed by atoms with E-state index in [2.05, 4.69) is 27.7 Å². The minimum atomic E-state index is 0.319. The van der Waals surface area contributed by atoms with E-state index in [1.165, 1.54) is 0 Å². The van der Waals surface area contributed by atoms with Crippen LogP contribution in [-0.4, -0.2) is 22.9 Å². The molecule has 11 heavy (non-hydrogen) atoms. The van der Waals surface area contributed by atoms with Crippen molar-refractivity contribution in [1.29, 1.82) is 0 Å². The molecule has 0 unspecified atom stereocenters. The van der Waals surface area contributed by atoms with Gasteiger partial charge < -0.3 is 4.90 Å². The van der Waals surface area contributed by atoms with E-state index < -0.39 is 0 Å². The van der Waals surface area contributed by atoms with Gasteiger partial charge in [0.15, 0.2) is 0 Å². The monoisotopic (exact) mass is 155 g/mol. The molecule has 1 aliphatic rings. The Labute approximate surface area is 68.6 Å². The van der Waals surface area contributed by atoms with Crippen LogP contribution >= 0.6 is 0 Å². The summed E-state index contributed by atoms with van der Waals surface area (Å²) in [6.07, 6.45) is 0.735. The van der Waals surface area contributed by atoms with Crippen molar-refractivity contribution in [2.75, 3.05) is 0 Å². The zero-order chi connectivity index (χ0) is 8.59. The third kappa shape index (κ3) is 1.39. The Morgan fingerprint density at radius 1 is 1.45 bits per heavy atom. The van der Waals surface area contributed by atoms with Gasteiger partial charge in [0.2, 0.25) is 5.91 Å². The van der Waals surface area contributed by atoms with Crippen LogP contribution in [0.15, 0.2) is 0 Å². The molecule has 2 nitrogen and oxygen atoms in total. The van der Waals surface area contributed by atoms with E-state index in [0.717, 1.165) is 6.42 Å². The zero-order valence-corrected chi connectivity index (χ0v) is 7.79. The fourth-order valence-electron chi connectivity index (χ4n) is 1.81. The summed E-state index contributed by atoms with van der Waals surface area (Å²) in [5.41, 5.74) is 0. The number of carbonyl (C=O) groups excluding carboxylic acids is 1. The molecule has 0 saturated carbocycles. The first-order valence-corrected chi connectivity index (χ1v) is 4.35. The van der Waals surface area contributed by atoms with Crippen molar-refractivity contribution in [1.82, 2.24) is 4.90 Å². The van der Waals surface area contributed by atoms with E-state index in [1.807, 2.05) is 4.90 Å². The predicted octanol–water partition coefficient (Wildman–Crippen LogP) is 1.65. The highest BCUT2D eigenvalue weighted by Crippen LogP contribution is 2.26. The fourth-order valence-corrected chi connectivity index (χ4v) is 1.81. The third-order valence-electron chi connectivity index (χ3n) is 2.60. The molecular formula is C9H17NO. The van der Waals surface area contributed by atoms with Crippen LogP contribution < -0.4 is 0 Å². The van der Waals surface area contributed by atoms with Gasteiger partial charge in [-0.25, -0.2) is 0 Å². The largest absolute Gasteiger partial charge is 0.337 e. The van der Waals surface area contributed by atoms with Crippen molar-refractivity contribution in [3.63, 3.8) is 0 Å². The third-order valence-corrected chi connectivity index (χ3v) is 2.60. The lowest BCUT2D eigenvalue weighted by atomic mass is 10.0. The van der Waals surface area contributed by atoms with Gasteiger partial charge in [-0.15, -0.1) is 0 Å². The Bertz CT molecular complexity index is 165. The van der Waals surface area contributed by atoms with Crippen LogP contribution in [0.5, 0.6) is 0 Å². The molecule has 2 atom stereocenters. The van der Waals surface area contributed by atoms with Gasteiger partial charge in [-0.2, -0.15) is 0 Å². The second kappa shape index (κ2) is 2.84. The average Bonchev–Trinajstić information content (AvgIpc) is 2.07. The topological polar surface area (TPSA) is 20.3 Å². The molecule has 0 spiro atoms. The fraction of sp³-hybridized carbons (Fsp3) is 0.889. The van der Waals surface area contributed by atoms with Gasteiger partial charge in [0.25, 0.3) is 0 Å². The quantitative estimate of drug-likeness (QED) is 0.564. The standard InChI is InChI=1S/C9H17NO/c1-6(2)10-8(4)7(3)5-9(10)11/h6-8H,5H2,1-4H3/t7-,8+/m1/s1. The first kappa shape index (κ1) is 8.57. The summed E-state index contributed by atoms with van der Waals surface area (Å²) >= 11 is 0. The predicted molar refractivity (Wildman–Crippen MR) is 45.2 cm³/mol. The summed E-state index contributed by atoms with van der Waals surface area (Å²) in [6, 6.07) is 0.796. The number of likely N-dealkylation sites (tertiary alicyclic amines) is 1. The number of nitrogens with zero attached hydrogens (tertiary/aromatic N) is 1. The van der Waals surface area contributed by atoms with Gasteiger partial charge in [0.05, 0.1) is 0 Å². The normalized spacial score (nSPS) is 32.1. The van der Waals surface area contributed by atoms with Crippen molar-refractivity contribution in [2.45, 2.75) is 46.2 Å². The van der Waals surface area contributed by atoms with Crippen LogP contribution in [0.25, 0.3) is 0 Å². The van der Waals surface area contributed by atoms with Crippen LogP contribution in [0.3, 0.4) is 0 Å². The number of rotatable bonds is 1. The molecule has 0 N–H and O–H groups in total. The van der Waals surface area contributed by atoms with Gasteiger partial charge in [-0.1, -0.05) is 6.92 Å². The molecule has 0 aromatic carbocycles. The number of amides is 1. The first-order chi connectivity index (χ1) is 5.04. The molecule has 1 saturated heterocycles. The molecule has 0 aliphatic carbocycles. The van der Waals surface area contributed by atoms with E-state index in [9.17, 15) is 4.79 Å². The smallest absolute Gasteiger partial charge is 0.223 e. The Morgan fingerprint density at radius 3 is 2.18 bits per heavy atom. The second-order valence-corrected chi connectivity index (χ2v) is 3.82. The van der Waals surface area contributed by atoms with E-state index >= 15 is 0 Å². The SMILES string of the molecule is CC(C)N1C(=O)C[C@@H](C)[C@@H]1C. The lowest BCUT2D eigenvalue weighted by Gasteiger charge is -2.27. The molecule has 0 aromatic heterocycles. The van der Waals surface area contributed by atoms with E-state index in [4.69, 9.17) is 0 Å². The van der Waals surface area contributed by atoms with Crippen LogP contribution in [0, 0.1) is 5.92 Å². The van der Waals surface area contributed by atoms with Gasteiger partial charge in [-0.3, -0.25) is 4.79 Å². The zero-order valence-electron chi connectivity index (χ0n) is 7.79. The first-order valence-electron chi connectivity index (χ1n) is 4.35. The maximum atomic E-state index is 11.4. The Hall–Kier alpha value is -0.530. The molecule has 1 aliphatic heterocycles. The molecule has 1 heterocycles. The molecule has 0 bridgehead atoms. The van der Waals surface area contributed by atoms with Crippen molar-refractivity contribution in [2.24, 2.45) is 5.92 Å². The summed E-state index contributed by atoms with van der Waals surface area (Å²) in [6.45, 7) is 8.43. The summed E-state index contributed by atoms with van der Waals surface area (Å²) < 4.78 is 0. The van der Waals surface area contributed by atoms with Gasteiger partial charge in [-0.05, 0) is 26.7 Å². The molecule has 0 radical (unpaired) electrons. The average molecular weight is 155 g/mol. The molecule has 2 heteroatoms. The molecule has 1 fully saturated rings. The summed E-state index contributed by atoms with van der Waals surface area (Å²) in [5.74, 6) is 0.852. The van der Waals surface area contributed by atoms with E-state index in [0.29, 0.717) is 23.9 Å². The number of hydrogen-bond acceptors (Lipinski definition) is 1. The van der Waals surface area contributed by atoms with Crippen LogP contribution in [0.1, 0.15) is 34.1 Å². The number of carbonyl (C=O) groups is 1. The molecule has 1 amide bonds. The highest BCUT2D eigenvalue weighted by atomic mass is 16.2. The van der Waals surface area contributed by atoms with Crippen molar-refractivity contribution in [3.05, 3.63) is 0 Å². The van der Waals surface area contributed by atoms with Gasteiger partial charge in [0, 0.05) is 18.5 Å². The minimum absolute atomic E-state index is 0.319.